The summed E-state index contributed by atoms with van der Waals surface area (Å²) in [6, 6.07) is 0. The summed E-state index contributed by atoms with van der Waals surface area (Å²) in [5.41, 5.74) is 0. The van der Waals surface area contributed by atoms with Crippen molar-refractivity contribution >= 4 is 9.05 Å². The Bertz CT molecular complexity index is 27.2. The average molecular weight is 200 g/mol. The molecule has 0 aromatic carbocycles. The predicted octanol–water partition coefficient (Wildman–Crippen LogP) is -2.61. The van der Waals surface area contributed by atoms with Crippen LogP contribution in [-0.4, -0.2) is 28.2 Å². The molecule has 0 amide bonds. The van der Waals surface area contributed by atoms with Crippen LogP contribution in [0.5, 0.6) is 0 Å². The molecule has 0 saturated carbocycles. The van der Waals surface area contributed by atoms with Gasteiger partial charge < -0.3 is 19.2 Å². The fraction of sp³-hybridized carbons (Fsp3) is 0. The maximum absolute atomic E-state index is 7.33. The summed E-state index contributed by atoms with van der Waals surface area (Å²) in [6.45, 7) is 0. The second-order valence-electron chi connectivity index (χ2n) is 0.600. The molecular weight excluding hydrogens is 196 g/mol. The third kappa shape index (κ3) is 123. The van der Waals surface area contributed by atoms with E-state index in [1.807, 2.05) is 0 Å². The van der Waals surface area contributed by atoms with Crippen molar-refractivity contribution in [2.75, 3.05) is 0 Å². The Kier molecular flexibility index (Phi) is 12.2. The zero-order valence-electron chi connectivity index (χ0n) is 3.14. The fourth-order valence-corrected chi connectivity index (χ4v) is 0. The standard InChI is InChI=1S/Fe.H4O4Si.Ti/c;1-5(2,3)4;/h;1-4H;. The van der Waals surface area contributed by atoms with Crippen molar-refractivity contribution in [2.24, 2.45) is 0 Å². The Hall–Kier alpha value is 1.29. The van der Waals surface area contributed by atoms with E-state index >= 15 is 0 Å². The molecule has 7 heavy (non-hydrogen) atoms. The molecule has 44 valence electrons. The first kappa shape index (κ1) is 15.7. The summed E-state index contributed by atoms with van der Waals surface area (Å²) >= 11 is 0. The molecule has 0 aliphatic heterocycles. The summed E-state index contributed by atoms with van der Waals surface area (Å²) in [4.78, 5) is 29.3. The number of hydrogen-bond donors (Lipinski definition) is 4. The maximum atomic E-state index is 7.33. The van der Waals surface area contributed by atoms with Gasteiger partial charge in [-0.3, -0.25) is 0 Å². The Balaban J connectivity index is -0.0000000800. The summed E-state index contributed by atoms with van der Waals surface area (Å²) < 4.78 is 0. The van der Waals surface area contributed by atoms with Crippen LogP contribution in [-0.2, 0) is 38.8 Å². The van der Waals surface area contributed by atoms with Crippen molar-refractivity contribution in [1.29, 1.82) is 0 Å². The van der Waals surface area contributed by atoms with E-state index < -0.39 is 9.05 Å². The first-order chi connectivity index (χ1) is 2.00. The Labute approximate surface area is 67.0 Å². The number of rotatable bonds is 0. The minimum atomic E-state index is -4.61. The van der Waals surface area contributed by atoms with E-state index in [0.29, 0.717) is 0 Å². The summed E-state index contributed by atoms with van der Waals surface area (Å²) in [7, 11) is -4.61. The third-order valence-corrected chi connectivity index (χ3v) is 0. The van der Waals surface area contributed by atoms with Gasteiger partial charge in [0.05, 0.1) is 0 Å². The molecular formula is H4FeO4SiTi. The van der Waals surface area contributed by atoms with Gasteiger partial charge in [0, 0.05) is 38.8 Å². The molecule has 0 heterocycles. The molecule has 4 N–H and O–H groups in total. The minimum Gasteiger partial charge on any atom is -0.368 e. The van der Waals surface area contributed by atoms with Crippen molar-refractivity contribution in [3.05, 3.63) is 0 Å². The van der Waals surface area contributed by atoms with Gasteiger partial charge in [-0.2, -0.15) is 0 Å². The summed E-state index contributed by atoms with van der Waals surface area (Å²) in [5, 5.41) is 0. The van der Waals surface area contributed by atoms with Gasteiger partial charge in [0.15, 0.2) is 0 Å². The van der Waals surface area contributed by atoms with Gasteiger partial charge in [0.2, 0.25) is 0 Å². The minimum absolute atomic E-state index is 0. The van der Waals surface area contributed by atoms with Gasteiger partial charge in [-0.1, -0.05) is 0 Å². The Morgan fingerprint density at radius 3 is 0.857 bits per heavy atom. The van der Waals surface area contributed by atoms with Gasteiger partial charge in [0.25, 0.3) is 0 Å². The van der Waals surface area contributed by atoms with E-state index in [9.17, 15) is 0 Å². The molecule has 0 aromatic rings. The molecule has 0 aliphatic carbocycles. The van der Waals surface area contributed by atoms with Crippen molar-refractivity contribution in [1.82, 2.24) is 0 Å². The molecule has 0 aliphatic rings. The van der Waals surface area contributed by atoms with Crippen LogP contribution < -0.4 is 0 Å². The number of hydrogen-bond acceptors (Lipinski definition) is 4. The molecule has 0 aromatic heterocycles. The Morgan fingerprint density at radius 2 is 0.857 bits per heavy atom. The molecule has 0 spiro atoms. The second-order valence-corrected chi connectivity index (χ2v) is 1.80. The molecule has 0 atom stereocenters. The Morgan fingerprint density at radius 1 is 0.857 bits per heavy atom. The fourth-order valence-electron chi connectivity index (χ4n) is 0. The smallest absolute Gasteiger partial charge is 0.368 e. The normalized spacial score (nSPS) is 8.57. The molecule has 0 bridgehead atoms. The van der Waals surface area contributed by atoms with Crippen molar-refractivity contribution < 1.29 is 58.0 Å². The van der Waals surface area contributed by atoms with Crippen molar-refractivity contribution in [3.63, 3.8) is 0 Å². The van der Waals surface area contributed by atoms with Crippen LogP contribution in [0, 0.1) is 0 Å². The van der Waals surface area contributed by atoms with E-state index in [1.54, 1.807) is 0 Å². The van der Waals surface area contributed by atoms with Crippen LogP contribution in [0.3, 0.4) is 0 Å². The van der Waals surface area contributed by atoms with Gasteiger partial charge in [-0.25, -0.2) is 0 Å². The quantitative estimate of drug-likeness (QED) is 0.323. The van der Waals surface area contributed by atoms with E-state index in [0.717, 1.165) is 0 Å². The average Bonchev–Trinajstić information content (AvgIpc) is 0.722. The molecule has 0 radical (unpaired) electrons. The van der Waals surface area contributed by atoms with Crippen molar-refractivity contribution in [3.8, 4) is 0 Å². The van der Waals surface area contributed by atoms with Crippen LogP contribution >= 0.6 is 0 Å². The van der Waals surface area contributed by atoms with Gasteiger partial charge in [-0.15, -0.1) is 0 Å². The summed E-state index contributed by atoms with van der Waals surface area (Å²) in [5.74, 6) is 0. The van der Waals surface area contributed by atoms with E-state index in [-0.39, 0.29) is 38.8 Å². The van der Waals surface area contributed by atoms with Crippen molar-refractivity contribution in [2.45, 2.75) is 0 Å². The van der Waals surface area contributed by atoms with Crippen LogP contribution in [0.4, 0.5) is 0 Å². The predicted molar refractivity (Wildman–Crippen MR) is 14.6 cm³/mol. The van der Waals surface area contributed by atoms with Gasteiger partial charge in [0.1, 0.15) is 0 Å². The van der Waals surface area contributed by atoms with Gasteiger partial charge >= 0.3 is 9.05 Å². The summed E-state index contributed by atoms with van der Waals surface area (Å²) in [6.07, 6.45) is 0. The molecule has 0 rings (SSSR count). The molecule has 0 saturated heterocycles. The van der Waals surface area contributed by atoms with Crippen LogP contribution in [0.2, 0.25) is 0 Å². The SMILES string of the molecule is O[Si](O)(O)O.[Fe].[Ti]. The van der Waals surface area contributed by atoms with Gasteiger partial charge in [-0.05, 0) is 0 Å². The first-order valence-electron chi connectivity index (χ1n) is 0.894. The van der Waals surface area contributed by atoms with Crippen LogP contribution in [0.15, 0.2) is 0 Å². The molecule has 4 nitrogen and oxygen atoms in total. The van der Waals surface area contributed by atoms with E-state index in [1.165, 1.54) is 0 Å². The second kappa shape index (κ2) is 5.43. The molecule has 0 fully saturated rings. The molecule has 0 unspecified atom stereocenters. The maximum Gasteiger partial charge on any atom is 0.668 e. The largest absolute Gasteiger partial charge is 0.668 e. The zero-order valence-corrected chi connectivity index (χ0v) is 6.81. The first-order valence-corrected chi connectivity index (χ1v) is 2.68. The molecule has 7 heteroatoms. The zero-order chi connectivity index (χ0) is 4.50. The monoisotopic (exact) mass is 200 g/mol. The third-order valence-electron chi connectivity index (χ3n) is 0. The van der Waals surface area contributed by atoms with Crippen LogP contribution in [0.1, 0.15) is 0 Å². The van der Waals surface area contributed by atoms with E-state index in [4.69, 9.17) is 19.2 Å². The van der Waals surface area contributed by atoms with Crippen LogP contribution in [0.25, 0.3) is 0 Å². The van der Waals surface area contributed by atoms with E-state index in [2.05, 4.69) is 0 Å². The topological polar surface area (TPSA) is 80.9 Å².